The van der Waals surface area contributed by atoms with E-state index in [0.717, 1.165) is 0 Å². The maximum Gasteiger partial charge on any atom is 0.338 e. The summed E-state index contributed by atoms with van der Waals surface area (Å²) < 4.78 is 17.3. The third kappa shape index (κ3) is 3.29. The zero-order valence-electron chi connectivity index (χ0n) is 15.6. The molecular weight excluding hydrogens is 336 g/mol. The zero-order chi connectivity index (χ0) is 19.1. The van der Waals surface area contributed by atoms with Crippen LogP contribution in [0.4, 0.5) is 0 Å². The molecule has 3 aliphatic heterocycles. The summed E-state index contributed by atoms with van der Waals surface area (Å²) in [5.41, 5.74) is -0.642. The third-order valence-electron chi connectivity index (χ3n) is 5.61. The van der Waals surface area contributed by atoms with E-state index in [-0.39, 0.29) is 36.8 Å². The number of ether oxygens (including phenoxy) is 3. The van der Waals surface area contributed by atoms with Crippen molar-refractivity contribution in [3.05, 3.63) is 35.9 Å². The largest absolute Gasteiger partial charge is 0.462 e. The van der Waals surface area contributed by atoms with Gasteiger partial charge in [0, 0.05) is 18.3 Å². The van der Waals surface area contributed by atoms with E-state index in [2.05, 4.69) is 0 Å². The normalized spacial score (nSPS) is 37.9. The molecule has 1 N–H and O–H groups in total. The van der Waals surface area contributed by atoms with Crippen LogP contribution in [0.5, 0.6) is 0 Å². The summed E-state index contributed by atoms with van der Waals surface area (Å²) in [6.07, 6.45) is -1.01. The van der Waals surface area contributed by atoms with E-state index >= 15 is 0 Å². The quantitative estimate of drug-likeness (QED) is 0.828. The first-order valence-corrected chi connectivity index (χ1v) is 8.97. The summed E-state index contributed by atoms with van der Waals surface area (Å²) in [4.78, 5) is 24.6. The number of rotatable bonds is 4. The van der Waals surface area contributed by atoms with Crippen molar-refractivity contribution >= 4 is 11.8 Å². The van der Waals surface area contributed by atoms with Crippen molar-refractivity contribution in [3.8, 4) is 0 Å². The fourth-order valence-corrected chi connectivity index (χ4v) is 3.76. The molecule has 142 valence electrons. The number of fused-ring (bicyclic) bond motifs is 4. The smallest absolute Gasteiger partial charge is 0.338 e. The predicted molar refractivity (Wildman–Crippen MR) is 93.5 cm³/mol. The molecule has 6 atom stereocenters. The molecule has 4 rings (SSSR count). The third-order valence-corrected chi connectivity index (χ3v) is 5.61. The lowest BCUT2D eigenvalue weighted by Gasteiger charge is -2.44. The van der Waals surface area contributed by atoms with Gasteiger partial charge in [-0.1, -0.05) is 32.0 Å². The highest BCUT2D eigenvalue weighted by atomic mass is 16.7. The van der Waals surface area contributed by atoms with E-state index in [1.807, 2.05) is 19.9 Å². The molecule has 0 radical (unpaired) electrons. The van der Waals surface area contributed by atoms with Gasteiger partial charge in [0.2, 0.25) is 0 Å². The van der Waals surface area contributed by atoms with Crippen LogP contribution < -0.4 is 0 Å². The fourth-order valence-electron chi connectivity index (χ4n) is 3.76. The van der Waals surface area contributed by atoms with Gasteiger partial charge < -0.3 is 19.3 Å². The van der Waals surface area contributed by atoms with Crippen molar-refractivity contribution < 1.29 is 28.9 Å². The Balaban J connectivity index is 1.72. The zero-order valence-corrected chi connectivity index (χ0v) is 15.6. The molecule has 1 aromatic carbocycles. The topological polar surface area (TPSA) is 82.1 Å². The van der Waals surface area contributed by atoms with Gasteiger partial charge >= 0.3 is 5.97 Å². The van der Waals surface area contributed by atoms with Crippen molar-refractivity contribution in [3.63, 3.8) is 0 Å². The van der Waals surface area contributed by atoms with E-state index in [0.29, 0.717) is 5.56 Å². The molecule has 6 nitrogen and oxygen atoms in total. The Morgan fingerprint density at radius 2 is 1.96 bits per heavy atom. The minimum atomic E-state index is -1.55. The Morgan fingerprint density at radius 1 is 1.31 bits per heavy atom. The molecule has 1 unspecified atom stereocenters. The molecule has 3 fully saturated rings. The van der Waals surface area contributed by atoms with E-state index in [9.17, 15) is 14.7 Å². The van der Waals surface area contributed by atoms with E-state index < -0.39 is 23.5 Å². The molecule has 3 aliphatic rings. The predicted octanol–water partition coefficient (Wildman–Crippen LogP) is 2.34. The van der Waals surface area contributed by atoms with Crippen molar-refractivity contribution in [1.82, 2.24) is 0 Å². The lowest BCUT2D eigenvalue weighted by atomic mass is 9.83. The number of esters is 1. The van der Waals surface area contributed by atoms with Crippen LogP contribution in [0.1, 0.15) is 44.5 Å². The SMILES string of the molecule is C[C@@H]1[C@@H]([C@H](C)COC(=O)c2ccccc2)O[C@@]2(C)CC(=O)[C@@H]1OC2(C)O. The molecule has 0 amide bonds. The van der Waals surface area contributed by atoms with Gasteiger partial charge in [-0.3, -0.25) is 4.79 Å². The maximum absolute atomic E-state index is 12.4. The van der Waals surface area contributed by atoms with E-state index in [4.69, 9.17) is 14.2 Å². The summed E-state index contributed by atoms with van der Waals surface area (Å²) in [6.45, 7) is 7.15. The minimum Gasteiger partial charge on any atom is -0.462 e. The number of ketones is 1. The first kappa shape index (κ1) is 19.0. The minimum absolute atomic E-state index is 0.0671. The molecular formula is C20H26O6. The number of aliphatic hydroxyl groups is 1. The van der Waals surface area contributed by atoms with Gasteiger partial charge in [0.05, 0.1) is 18.3 Å². The highest BCUT2D eigenvalue weighted by molar-refractivity contribution is 5.89. The Labute approximate surface area is 153 Å². The first-order valence-electron chi connectivity index (χ1n) is 8.97. The van der Waals surface area contributed by atoms with Gasteiger partial charge in [0.15, 0.2) is 11.6 Å². The van der Waals surface area contributed by atoms with Crippen molar-refractivity contribution in [2.75, 3.05) is 6.61 Å². The fraction of sp³-hybridized carbons (Fsp3) is 0.600. The van der Waals surface area contributed by atoms with E-state index in [1.165, 1.54) is 6.92 Å². The number of benzene rings is 1. The number of carbonyl (C=O) groups is 2. The number of Topliss-reactive ketones (excluding diaryl/α,β-unsaturated/α-hetero) is 1. The van der Waals surface area contributed by atoms with Gasteiger partial charge in [-0.2, -0.15) is 0 Å². The van der Waals surface area contributed by atoms with Crippen LogP contribution in [0.2, 0.25) is 0 Å². The van der Waals surface area contributed by atoms with Gasteiger partial charge in [0.25, 0.3) is 0 Å². The highest BCUT2D eigenvalue weighted by Crippen LogP contribution is 2.46. The second-order valence-corrected chi connectivity index (χ2v) is 7.78. The summed E-state index contributed by atoms with van der Waals surface area (Å²) in [6, 6.07) is 8.78. The molecule has 2 bridgehead atoms. The Bertz CT molecular complexity index is 685. The molecule has 1 aromatic rings. The Kier molecular flexibility index (Phi) is 4.94. The molecule has 6 heteroatoms. The monoisotopic (exact) mass is 362 g/mol. The van der Waals surface area contributed by atoms with Crippen molar-refractivity contribution in [1.29, 1.82) is 0 Å². The average Bonchev–Trinajstić information content (AvgIpc) is 2.74. The molecule has 0 spiro atoms. The van der Waals surface area contributed by atoms with Crippen LogP contribution in [0.15, 0.2) is 30.3 Å². The Morgan fingerprint density at radius 3 is 2.62 bits per heavy atom. The molecule has 0 aliphatic carbocycles. The van der Waals surface area contributed by atoms with Gasteiger partial charge in [0.1, 0.15) is 11.7 Å². The summed E-state index contributed by atoms with van der Waals surface area (Å²) in [5, 5.41) is 10.6. The standard InChI is InChI=1S/C20H26O6/c1-12(11-24-18(22)14-8-6-5-7-9-14)16-13(2)17-15(21)10-19(3,25-16)20(4,23)26-17/h5-9,12-13,16-17,23H,10-11H2,1-4H3/t12-,13-,16-,17-,19+,20?/m1/s1. The van der Waals surface area contributed by atoms with Gasteiger partial charge in [-0.25, -0.2) is 4.79 Å². The number of hydrogen-bond donors (Lipinski definition) is 1. The molecule has 26 heavy (non-hydrogen) atoms. The number of carbonyl (C=O) groups excluding carboxylic acids is 2. The number of hydrogen-bond acceptors (Lipinski definition) is 6. The lowest BCUT2D eigenvalue weighted by Crippen LogP contribution is -2.60. The Hall–Kier alpha value is -1.76. The van der Waals surface area contributed by atoms with Crippen LogP contribution >= 0.6 is 0 Å². The van der Waals surface area contributed by atoms with Crippen LogP contribution in [-0.4, -0.2) is 47.1 Å². The van der Waals surface area contributed by atoms with Crippen LogP contribution in [-0.2, 0) is 19.0 Å². The van der Waals surface area contributed by atoms with Crippen molar-refractivity contribution in [2.45, 2.75) is 57.7 Å². The molecule has 3 heterocycles. The van der Waals surface area contributed by atoms with Crippen LogP contribution in [0.25, 0.3) is 0 Å². The lowest BCUT2D eigenvalue weighted by molar-refractivity contribution is -0.311. The second kappa shape index (κ2) is 6.76. The maximum atomic E-state index is 12.4. The highest BCUT2D eigenvalue weighted by Gasteiger charge is 2.60. The van der Waals surface area contributed by atoms with Gasteiger partial charge in [-0.15, -0.1) is 0 Å². The summed E-state index contributed by atoms with van der Waals surface area (Å²) >= 11 is 0. The molecule has 3 saturated heterocycles. The van der Waals surface area contributed by atoms with Crippen LogP contribution in [0, 0.1) is 11.8 Å². The van der Waals surface area contributed by atoms with E-state index in [1.54, 1.807) is 31.2 Å². The average molecular weight is 362 g/mol. The second-order valence-electron chi connectivity index (χ2n) is 7.78. The first-order chi connectivity index (χ1) is 12.1. The molecule has 0 saturated carbocycles. The van der Waals surface area contributed by atoms with Gasteiger partial charge in [-0.05, 0) is 26.0 Å². The molecule has 0 aromatic heterocycles. The summed E-state index contributed by atoms with van der Waals surface area (Å²) in [5.74, 6) is -2.43. The van der Waals surface area contributed by atoms with Crippen molar-refractivity contribution in [2.24, 2.45) is 11.8 Å². The summed E-state index contributed by atoms with van der Waals surface area (Å²) in [7, 11) is 0. The van der Waals surface area contributed by atoms with Crippen LogP contribution in [0.3, 0.4) is 0 Å².